The molecule has 14 heavy (non-hydrogen) atoms. The van der Waals surface area contributed by atoms with E-state index < -0.39 is 0 Å². The number of Topliss-reactive ketones (excluding diaryl/α,β-unsaturated/α-hetero) is 1. The Balaban J connectivity index is 2.45. The molecule has 1 atom stereocenters. The average Bonchev–Trinajstić information content (AvgIpc) is 2.16. The average molecular weight is 197 g/mol. The zero-order valence-corrected chi connectivity index (χ0v) is 9.92. The first-order valence-electron chi connectivity index (χ1n) is 5.74. The van der Waals surface area contributed by atoms with E-state index in [0.29, 0.717) is 11.7 Å². The SMILES string of the molecule is CC(C)C(=O)C(C)C1CCN(C)CC1. The molecule has 0 spiro atoms. The smallest absolute Gasteiger partial charge is 0.138 e. The van der Waals surface area contributed by atoms with Gasteiger partial charge in [-0.25, -0.2) is 0 Å². The van der Waals surface area contributed by atoms with Gasteiger partial charge in [0.25, 0.3) is 0 Å². The summed E-state index contributed by atoms with van der Waals surface area (Å²) >= 11 is 0. The van der Waals surface area contributed by atoms with Crippen molar-refractivity contribution in [1.82, 2.24) is 4.90 Å². The van der Waals surface area contributed by atoms with E-state index in [2.05, 4.69) is 18.9 Å². The van der Waals surface area contributed by atoms with E-state index in [1.54, 1.807) is 0 Å². The van der Waals surface area contributed by atoms with Crippen LogP contribution in [-0.4, -0.2) is 30.8 Å². The third-order valence-electron chi connectivity index (χ3n) is 3.49. The Bertz CT molecular complexity index is 192. The summed E-state index contributed by atoms with van der Waals surface area (Å²) in [5.74, 6) is 1.54. The zero-order chi connectivity index (χ0) is 10.7. The Kier molecular flexibility index (Phi) is 4.11. The molecule has 1 unspecified atom stereocenters. The van der Waals surface area contributed by atoms with E-state index in [4.69, 9.17) is 0 Å². The second-order valence-electron chi connectivity index (χ2n) is 4.99. The van der Waals surface area contributed by atoms with Gasteiger partial charge >= 0.3 is 0 Å². The summed E-state index contributed by atoms with van der Waals surface area (Å²) in [6.45, 7) is 8.43. The van der Waals surface area contributed by atoms with Gasteiger partial charge in [0, 0.05) is 11.8 Å². The number of piperidine rings is 1. The summed E-state index contributed by atoms with van der Waals surface area (Å²) in [7, 11) is 2.16. The van der Waals surface area contributed by atoms with Crippen molar-refractivity contribution in [1.29, 1.82) is 0 Å². The number of carbonyl (C=O) groups excluding carboxylic acids is 1. The van der Waals surface area contributed by atoms with Crippen molar-refractivity contribution in [3.05, 3.63) is 0 Å². The minimum atomic E-state index is 0.199. The molecule has 2 heteroatoms. The van der Waals surface area contributed by atoms with Gasteiger partial charge in [-0.2, -0.15) is 0 Å². The Morgan fingerprint density at radius 1 is 1.21 bits per heavy atom. The Hall–Kier alpha value is -0.370. The van der Waals surface area contributed by atoms with Gasteiger partial charge in [0.15, 0.2) is 0 Å². The zero-order valence-electron chi connectivity index (χ0n) is 9.92. The molecule has 0 aromatic rings. The fraction of sp³-hybridized carbons (Fsp3) is 0.917. The summed E-state index contributed by atoms with van der Waals surface area (Å²) in [5, 5.41) is 0. The molecular formula is C12H23NO. The van der Waals surface area contributed by atoms with Crippen LogP contribution in [0.4, 0.5) is 0 Å². The monoisotopic (exact) mass is 197 g/mol. The fourth-order valence-corrected chi connectivity index (χ4v) is 2.29. The number of hydrogen-bond donors (Lipinski definition) is 0. The van der Waals surface area contributed by atoms with Gasteiger partial charge in [-0.15, -0.1) is 0 Å². The Morgan fingerprint density at radius 2 is 1.71 bits per heavy atom. The molecule has 0 radical (unpaired) electrons. The van der Waals surface area contributed by atoms with Gasteiger partial charge in [-0.3, -0.25) is 4.79 Å². The topological polar surface area (TPSA) is 20.3 Å². The predicted octanol–water partition coefficient (Wildman–Crippen LogP) is 2.19. The van der Waals surface area contributed by atoms with Gasteiger partial charge < -0.3 is 4.90 Å². The standard InChI is InChI=1S/C12H23NO/c1-9(2)12(14)10(3)11-5-7-13(4)8-6-11/h9-11H,5-8H2,1-4H3. The normalized spacial score (nSPS) is 22.6. The number of hydrogen-bond acceptors (Lipinski definition) is 2. The quantitative estimate of drug-likeness (QED) is 0.691. The summed E-state index contributed by atoms with van der Waals surface area (Å²) in [5.41, 5.74) is 0. The Morgan fingerprint density at radius 3 is 2.14 bits per heavy atom. The van der Waals surface area contributed by atoms with Gasteiger partial charge in [0.2, 0.25) is 0 Å². The van der Waals surface area contributed by atoms with Crippen molar-refractivity contribution in [2.24, 2.45) is 17.8 Å². The highest BCUT2D eigenvalue weighted by atomic mass is 16.1. The highest BCUT2D eigenvalue weighted by molar-refractivity contribution is 5.82. The summed E-state index contributed by atoms with van der Waals surface area (Å²) in [6.07, 6.45) is 2.38. The molecule has 82 valence electrons. The van der Waals surface area contributed by atoms with Crippen LogP contribution in [0.25, 0.3) is 0 Å². The first kappa shape index (κ1) is 11.7. The van der Waals surface area contributed by atoms with Gasteiger partial charge in [0.1, 0.15) is 5.78 Å². The lowest BCUT2D eigenvalue weighted by Gasteiger charge is -2.32. The third kappa shape index (κ3) is 2.81. The van der Waals surface area contributed by atoms with E-state index in [-0.39, 0.29) is 11.8 Å². The minimum Gasteiger partial charge on any atom is -0.306 e. The van der Waals surface area contributed by atoms with Crippen molar-refractivity contribution >= 4 is 5.78 Å². The molecule has 0 aromatic heterocycles. The molecule has 0 saturated carbocycles. The molecule has 0 aromatic carbocycles. The number of nitrogens with zero attached hydrogens (tertiary/aromatic N) is 1. The molecule has 2 nitrogen and oxygen atoms in total. The molecule has 1 rings (SSSR count). The Labute approximate surface area is 87.7 Å². The fourth-order valence-electron chi connectivity index (χ4n) is 2.29. The van der Waals surface area contributed by atoms with Gasteiger partial charge in [0.05, 0.1) is 0 Å². The molecule has 1 aliphatic heterocycles. The second-order valence-corrected chi connectivity index (χ2v) is 4.99. The molecule has 0 N–H and O–H groups in total. The van der Waals surface area contributed by atoms with Crippen LogP contribution in [-0.2, 0) is 4.79 Å². The largest absolute Gasteiger partial charge is 0.306 e. The lowest BCUT2D eigenvalue weighted by molar-refractivity contribution is -0.127. The minimum absolute atomic E-state index is 0.199. The van der Waals surface area contributed by atoms with Gasteiger partial charge in [-0.1, -0.05) is 20.8 Å². The van der Waals surface area contributed by atoms with E-state index in [1.165, 1.54) is 12.8 Å². The van der Waals surface area contributed by atoms with Crippen LogP contribution >= 0.6 is 0 Å². The lowest BCUT2D eigenvalue weighted by atomic mass is 9.80. The van der Waals surface area contributed by atoms with Crippen molar-refractivity contribution in [2.45, 2.75) is 33.6 Å². The highest BCUT2D eigenvalue weighted by Gasteiger charge is 2.27. The van der Waals surface area contributed by atoms with E-state index in [0.717, 1.165) is 13.1 Å². The van der Waals surface area contributed by atoms with E-state index in [1.807, 2.05) is 13.8 Å². The van der Waals surface area contributed by atoms with Crippen molar-refractivity contribution < 1.29 is 4.79 Å². The lowest BCUT2D eigenvalue weighted by Crippen LogP contribution is -2.35. The maximum Gasteiger partial charge on any atom is 0.138 e. The van der Waals surface area contributed by atoms with E-state index >= 15 is 0 Å². The number of likely N-dealkylation sites (tertiary alicyclic amines) is 1. The van der Waals surface area contributed by atoms with Crippen LogP contribution in [0, 0.1) is 17.8 Å². The molecular weight excluding hydrogens is 174 g/mol. The molecule has 1 heterocycles. The predicted molar refractivity (Wildman–Crippen MR) is 59.2 cm³/mol. The summed E-state index contributed by atoms with van der Waals surface area (Å²) in [4.78, 5) is 14.2. The number of ketones is 1. The van der Waals surface area contributed by atoms with Crippen LogP contribution in [0.2, 0.25) is 0 Å². The molecule has 1 saturated heterocycles. The van der Waals surface area contributed by atoms with Crippen LogP contribution in [0.5, 0.6) is 0 Å². The highest BCUT2D eigenvalue weighted by Crippen LogP contribution is 2.26. The van der Waals surface area contributed by atoms with Crippen LogP contribution < -0.4 is 0 Å². The van der Waals surface area contributed by atoms with Crippen molar-refractivity contribution in [3.8, 4) is 0 Å². The molecule has 0 amide bonds. The third-order valence-corrected chi connectivity index (χ3v) is 3.49. The summed E-state index contributed by atoms with van der Waals surface area (Å²) < 4.78 is 0. The van der Waals surface area contributed by atoms with Crippen molar-refractivity contribution in [2.75, 3.05) is 20.1 Å². The summed E-state index contributed by atoms with van der Waals surface area (Å²) in [6, 6.07) is 0. The van der Waals surface area contributed by atoms with Crippen molar-refractivity contribution in [3.63, 3.8) is 0 Å². The van der Waals surface area contributed by atoms with E-state index in [9.17, 15) is 4.79 Å². The van der Waals surface area contributed by atoms with Crippen LogP contribution in [0.15, 0.2) is 0 Å². The van der Waals surface area contributed by atoms with Crippen LogP contribution in [0.3, 0.4) is 0 Å². The second kappa shape index (κ2) is 4.92. The molecule has 0 bridgehead atoms. The maximum atomic E-state index is 11.8. The number of rotatable bonds is 3. The molecule has 0 aliphatic carbocycles. The molecule has 1 aliphatic rings. The molecule has 1 fully saturated rings. The number of carbonyl (C=O) groups is 1. The van der Waals surface area contributed by atoms with Crippen LogP contribution in [0.1, 0.15) is 33.6 Å². The first-order valence-corrected chi connectivity index (χ1v) is 5.74. The van der Waals surface area contributed by atoms with Gasteiger partial charge in [-0.05, 0) is 38.9 Å². The first-order chi connectivity index (χ1) is 6.52. The maximum absolute atomic E-state index is 11.8.